The van der Waals surface area contributed by atoms with Gasteiger partial charge in [-0.05, 0) is 12.8 Å². The highest BCUT2D eigenvalue weighted by Gasteiger charge is 1.99. The van der Waals surface area contributed by atoms with Crippen LogP contribution in [0.5, 0.6) is 0 Å². The fraction of sp³-hybridized carbons (Fsp3) is 0.667. The highest BCUT2D eigenvalue weighted by atomic mass is 32.1. The number of thiol groups is 1. The van der Waals surface area contributed by atoms with Crippen molar-refractivity contribution in [3.63, 3.8) is 0 Å². The van der Waals surface area contributed by atoms with E-state index in [1.165, 1.54) is 0 Å². The molecule has 1 N–H and O–H groups in total. The van der Waals surface area contributed by atoms with Crippen molar-refractivity contribution in [2.24, 2.45) is 0 Å². The molecule has 0 aromatic rings. The Morgan fingerprint density at radius 2 is 2.43 bits per heavy atom. The van der Waals surface area contributed by atoms with E-state index >= 15 is 0 Å². The molecule has 0 aromatic carbocycles. The molecule has 0 heterocycles. The van der Waals surface area contributed by atoms with E-state index in [-0.39, 0.29) is 10.9 Å². The lowest BCUT2D eigenvalue weighted by Gasteiger charge is -2.01. The van der Waals surface area contributed by atoms with Gasteiger partial charge in [0.15, 0.2) is 0 Å². The summed E-state index contributed by atoms with van der Waals surface area (Å²) in [5.41, 5.74) is 0. The van der Waals surface area contributed by atoms with Gasteiger partial charge in [0, 0.05) is 6.42 Å². The molecule has 1 amide bonds. The van der Waals surface area contributed by atoms with Crippen LogP contribution in [0.2, 0.25) is 0 Å². The van der Waals surface area contributed by atoms with Crippen LogP contribution >= 0.6 is 12.8 Å². The van der Waals surface area contributed by atoms with Gasteiger partial charge in [-0.3, -0.25) is 10.0 Å². The zero-order valence-corrected chi connectivity index (χ0v) is 4.85. The molecule has 0 bridgehead atoms. The number of nitrogens with zero attached hydrogens (tertiary/aromatic N) is 1. The van der Waals surface area contributed by atoms with E-state index in [1.54, 1.807) is 6.92 Å². The average Bonchev–Trinajstić information content (AvgIpc) is 1.65. The summed E-state index contributed by atoms with van der Waals surface area (Å²) in [7, 11) is 0. The highest BCUT2D eigenvalue weighted by molar-refractivity contribution is 7.78. The van der Waals surface area contributed by atoms with Gasteiger partial charge in [-0.25, -0.2) is 0 Å². The quantitative estimate of drug-likeness (QED) is 0.300. The normalized spacial score (nSPS) is 8.43. The van der Waals surface area contributed by atoms with Crippen molar-refractivity contribution in [1.29, 1.82) is 0 Å². The third-order valence-electron chi connectivity index (χ3n) is 0.526. The van der Waals surface area contributed by atoms with E-state index in [1.807, 2.05) is 0 Å². The Labute approximate surface area is 47.4 Å². The molecule has 0 aliphatic rings. The van der Waals surface area contributed by atoms with Gasteiger partial charge in [0.25, 0.3) is 5.91 Å². The molecule has 42 valence electrons. The number of hydroxylamine groups is 1. The molecule has 0 saturated carbocycles. The maximum absolute atomic E-state index is 10.1. The van der Waals surface area contributed by atoms with Crippen LogP contribution in [0, 0.1) is 0 Å². The maximum atomic E-state index is 10.1. The van der Waals surface area contributed by atoms with Crippen molar-refractivity contribution in [1.82, 2.24) is 4.47 Å². The van der Waals surface area contributed by atoms with Gasteiger partial charge in [0.2, 0.25) is 0 Å². The molecule has 0 unspecified atom stereocenters. The number of hydrogen-bond donors (Lipinski definition) is 2. The van der Waals surface area contributed by atoms with Gasteiger partial charge in [0.1, 0.15) is 0 Å². The predicted molar refractivity (Wildman–Crippen MR) is 27.9 cm³/mol. The number of rotatable bonds is 1. The molecule has 0 rings (SSSR count). The third kappa shape index (κ3) is 2.47. The lowest BCUT2D eigenvalue weighted by molar-refractivity contribution is -0.143. The summed E-state index contributed by atoms with van der Waals surface area (Å²) < 4.78 is 0.278. The summed E-state index contributed by atoms with van der Waals surface area (Å²) in [6.45, 7) is 1.64. The number of carbonyl (C=O) groups is 1. The van der Waals surface area contributed by atoms with Crippen LogP contribution in [0.4, 0.5) is 0 Å². The third-order valence-corrected chi connectivity index (χ3v) is 0.749. The first kappa shape index (κ1) is 6.78. The molecule has 0 fully saturated rings. The van der Waals surface area contributed by atoms with Crippen LogP contribution in [0.3, 0.4) is 0 Å². The van der Waals surface area contributed by atoms with Crippen molar-refractivity contribution in [2.45, 2.75) is 13.3 Å². The molecule has 4 heteroatoms. The van der Waals surface area contributed by atoms with Crippen molar-refractivity contribution >= 4 is 18.7 Å². The monoisotopic (exact) mass is 121 g/mol. The topological polar surface area (TPSA) is 40.5 Å². The first-order valence-corrected chi connectivity index (χ1v) is 2.29. The Balaban J connectivity index is 3.35. The van der Waals surface area contributed by atoms with Crippen LogP contribution in [0.15, 0.2) is 0 Å². The minimum atomic E-state index is -0.400. The summed E-state index contributed by atoms with van der Waals surface area (Å²) >= 11 is 3.31. The summed E-state index contributed by atoms with van der Waals surface area (Å²) in [5, 5.41) is 8.17. The molecule has 7 heavy (non-hydrogen) atoms. The van der Waals surface area contributed by atoms with E-state index in [0.717, 1.165) is 0 Å². The molecule has 0 aliphatic carbocycles. The van der Waals surface area contributed by atoms with Gasteiger partial charge in [-0.1, -0.05) is 6.92 Å². The van der Waals surface area contributed by atoms with E-state index in [0.29, 0.717) is 0 Å². The van der Waals surface area contributed by atoms with Gasteiger partial charge in [-0.15, -0.1) is 0 Å². The lowest BCUT2D eigenvalue weighted by Crippen LogP contribution is -2.14. The van der Waals surface area contributed by atoms with Crippen LogP contribution in [0.25, 0.3) is 0 Å². The zero-order valence-electron chi connectivity index (χ0n) is 3.96. The second kappa shape index (κ2) is 2.87. The first-order valence-electron chi connectivity index (χ1n) is 1.89. The van der Waals surface area contributed by atoms with Crippen molar-refractivity contribution in [3.05, 3.63) is 0 Å². The van der Waals surface area contributed by atoms with E-state index in [2.05, 4.69) is 12.8 Å². The van der Waals surface area contributed by atoms with Crippen LogP contribution in [0.1, 0.15) is 13.3 Å². The Bertz CT molecular complexity index is 73.3. The lowest BCUT2D eigenvalue weighted by atomic mass is 10.5. The Kier molecular flexibility index (Phi) is 2.78. The largest absolute Gasteiger partial charge is 0.275 e. The summed E-state index contributed by atoms with van der Waals surface area (Å²) in [4.78, 5) is 10.1. The Hall–Kier alpha value is -0.220. The SMILES string of the molecule is CCC(=O)N(O)S. The van der Waals surface area contributed by atoms with Crippen molar-refractivity contribution < 1.29 is 10.0 Å². The summed E-state index contributed by atoms with van der Waals surface area (Å²) in [6, 6.07) is 0. The summed E-state index contributed by atoms with van der Waals surface area (Å²) in [6.07, 6.45) is 0.278. The second-order valence-electron chi connectivity index (χ2n) is 1.04. The van der Waals surface area contributed by atoms with E-state index < -0.39 is 5.91 Å². The fourth-order valence-electron chi connectivity index (χ4n) is 0.141. The Morgan fingerprint density at radius 3 is 2.43 bits per heavy atom. The smallest absolute Gasteiger partial charge is 0.255 e. The molecule has 3 nitrogen and oxygen atoms in total. The molecular formula is C3H7NO2S. The molecular weight excluding hydrogens is 114 g/mol. The van der Waals surface area contributed by atoms with Crippen LogP contribution in [-0.4, -0.2) is 15.6 Å². The number of hydrogen-bond acceptors (Lipinski definition) is 3. The first-order chi connectivity index (χ1) is 3.18. The minimum Gasteiger partial charge on any atom is -0.275 e. The van der Waals surface area contributed by atoms with Crippen LogP contribution < -0.4 is 0 Å². The average molecular weight is 121 g/mol. The van der Waals surface area contributed by atoms with Crippen molar-refractivity contribution in [2.75, 3.05) is 0 Å². The van der Waals surface area contributed by atoms with Crippen molar-refractivity contribution in [3.8, 4) is 0 Å². The maximum Gasteiger partial charge on any atom is 0.255 e. The van der Waals surface area contributed by atoms with E-state index in [9.17, 15) is 4.79 Å². The van der Waals surface area contributed by atoms with Crippen LogP contribution in [-0.2, 0) is 4.79 Å². The molecule has 0 atom stereocenters. The Morgan fingerprint density at radius 1 is 2.00 bits per heavy atom. The fourth-order valence-corrected chi connectivity index (χ4v) is 0.283. The number of carbonyl (C=O) groups excluding carboxylic acids is 1. The predicted octanol–water partition coefficient (Wildman–Crippen LogP) is 0.459. The minimum absolute atomic E-state index is 0.278. The number of amides is 1. The summed E-state index contributed by atoms with van der Waals surface area (Å²) in [5.74, 6) is -0.400. The molecule has 0 saturated heterocycles. The van der Waals surface area contributed by atoms with Gasteiger partial charge >= 0.3 is 0 Å². The van der Waals surface area contributed by atoms with Gasteiger partial charge in [-0.2, -0.15) is 4.47 Å². The molecule has 0 aliphatic heterocycles. The molecule has 0 radical (unpaired) electrons. The van der Waals surface area contributed by atoms with Gasteiger partial charge < -0.3 is 0 Å². The second-order valence-corrected chi connectivity index (χ2v) is 1.42. The zero-order chi connectivity index (χ0) is 5.86. The van der Waals surface area contributed by atoms with Gasteiger partial charge in [0.05, 0.1) is 0 Å². The molecule has 0 spiro atoms. The highest BCUT2D eigenvalue weighted by Crippen LogP contribution is 1.89. The van der Waals surface area contributed by atoms with E-state index in [4.69, 9.17) is 5.21 Å². The standard InChI is InChI=1S/C3H7NO2S/c1-2-3(5)4(6)7/h6-7H,2H2,1H3. The molecule has 0 aromatic heterocycles.